The molecule has 0 saturated carbocycles. The zero-order valence-electron chi connectivity index (χ0n) is 10.1. The van der Waals surface area contributed by atoms with E-state index in [4.69, 9.17) is 5.73 Å². The average Bonchev–Trinajstić information content (AvgIpc) is 2.80. The minimum Gasteiger partial charge on any atom is -0.333 e. The number of halogens is 2. The van der Waals surface area contributed by atoms with Crippen molar-refractivity contribution in [3.8, 4) is 0 Å². The molecule has 2 aromatic rings. The highest BCUT2D eigenvalue weighted by atomic mass is 127. The Bertz CT molecular complexity index is 539. The van der Waals surface area contributed by atoms with Crippen LogP contribution in [0.2, 0.25) is 0 Å². The Balaban J connectivity index is 2.38. The van der Waals surface area contributed by atoms with Gasteiger partial charge >= 0.3 is 0 Å². The summed E-state index contributed by atoms with van der Waals surface area (Å²) in [4.78, 5) is 4.40. The third kappa shape index (κ3) is 2.95. The SMILES string of the molecule is CCCn1ccnc1C(N)c1cc(I)ccc1Br. The Hall–Kier alpha value is -0.400. The molecule has 0 aliphatic heterocycles. The topological polar surface area (TPSA) is 43.8 Å². The molecule has 1 heterocycles. The standard InChI is InChI=1S/C13H15BrIN3/c1-2-6-18-7-5-17-13(18)12(16)10-8-9(15)3-4-11(10)14/h3-5,7-8,12H,2,6,16H2,1H3. The molecule has 2 N–H and O–H groups in total. The molecule has 0 bridgehead atoms. The molecule has 0 amide bonds. The van der Waals surface area contributed by atoms with E-state index in [9.17, 15) is 0 Å². The van der Waals surface area contributed by atoms with Gasteiger partial charge in [-0.15, -0.1) is 0 Å². The Morgan fingerprint density at radius 2 is 2.28 bits per heavy atom. The van der Waals surface area contributed by atoms with Crippen LogP contribution in [0.4, 0.5) is 0 Å². The molecule has 0 saturated heterocycles. The van der Waals surface area contributed by atoms with Crippen LogP contribution in [0.1, 0.15) is 30.8 Å². The Labute approximate surface area is 129 Å². The second kappa shape index (κ2) is 6.16. The quantitative estimate of drug-likeness (QED) is 0.767. The highest BCUT2D eigenvalue weighted by Gasteiger charge is 2.17. The summed E-state index contributed by atoms with van der Waals surface area (Å²) in [5.41, 5.74) is 7.42. The molecule has 0 spiro atoms. The van der Waals surface area contributed by atoms with Crippen LogP contribution in [0.25, 0.3) is 0 Å². The molecule has 0 fully saturated rings. The molecule has 2 rings (SSSR count). The van der Waals surface area contributed by atoms with Crippen molar-refractivity contribution in [3.05, 3.63) is 50.0 Å². The monoisotopic (exact) mass is 419 g/mol. The van der Waals surface area contributed by atoms with E-state index in [1.165, 1.54) is 3.57 Å². The average molecular weight is 420 g/mol. The molecule has 3 nitrogen and oxygen atoms in total. The van der Waals surface area contributed by atoms with Gasteiger partial charge < -0.3 is 10.3 Å². The predicted molar refractivity (Wildman–Crippen MR) is 85.4 cm³/mol. The third-order valence-electron chi connectivity index (χ3n) is 2.78. The van der Waals surface area contributed by atoms with Gasteiger partial charge in [0.25, 0.3) is 0 Å². The molecule has 1 unspecified atom stereocenters. The number of aryl methyl sites for hydroxylation is 1. The highest BCUT2D eigenvalue weighted by Crippen LogP contribution is 2.27. The van der Waals surface area contributed by atoms with E-state index in [2.05, 4.69) is 67.1 Å². The second-order valence-electron chi connectivity index (χ2n) is 4.12. The zero-order valence-corrected chi connectivity index (χ0v) is 13.8. The van der Waals surface area contributed by atoms with E-state index in [-0.39, 0.29) is 6.04 Å². The van der Waals surface area contributed by atoms with E-state index in [1.807, 2.05) is 18.5 Å². The van der Waals surface area contributed by atoms with Gasteiger partial charge in [-0.25, -0.2) is 4.98 Å². The molecule has 5 heteroatoms. The minimum atomic E-state index is -0.198. The number of hydrogen-bond acceptors (Lipinski definition) is 2. The van der Waals surface area contributed by atoms with Crippen molar-refractivity contribution in [1.82, 2.24) is 9.55 Å². The van der Waals surface area contributed by atoms with Gasteiger partial charge in [-0.3, -0.25) is 0 Å². The van der Waals surface area contributed by atoms with Crippen molar-refractivity contribution >= 4 is 38.5 Å². The lowest BCUT2D eigenvalue weighted by molar-refractivity contribution is 0.612. The van der Waals surface area contributed by atoms with Crippen LogP contribution in [0.15, 0.2) is 35.1 Å². The van der Waals surface area contributed by atoms with E-state index < -0.39 is 0 Å². The number of nitrogens with two attached hydrogens (primary N) is 1. The van der Waals surface area contributed by atoms with Gasteiger partial charge in [-0.1, -0.05) is 22.9 Å². The molecule has 0 aliphatic carbocycles. The van der Waals surface area contributed by atoms with Crippen LogP contribution in [-0.2, 0) is 6.54 Å². The van der Waals surface area contributed by atoms with Crippen molar-refractivity contribution < 1.29 is 0 Å². The maximum Gasteiger partial charge on any atom is 0.130 e. The van der Waals surface area contributed by atoms with Crippen LogP contribution < -0.4 is 5.73 Å². The lowest BCUT2D eigenvalue weighted by atomic mass is 10.1. The smallest absolute Gasteiger partial charge is 0.130 e. The summed E-state index contributed by atoms with van der Waals surface area (Å²) < 4.78 is 4.33. The first-order chi connectivity index (χ1) is 8.63. The van der Waals surface area contributed by atoms with E-state index >= 15 is 0 Å². The number of nitrogens with zero attached hydrogens (tertiary/aromatic N) is 2. The fourth-order valence-corrected chi connectivity index (χ4v) is 2.93. The molecule has 0 aliphatic rings. The summed E-state index contributed by atoms with van der Waals surface area (Å²) in [6, 6.07) is 5.99. The van der Waals surface area contributed by atoms with Gasteiger partial charge in [0, 0.05) is 27.0 Å². The fourth-order valence-electron chi connectivity index (χ4n) is 1.92. The first kappa shape index (κ1) is 14.0. The summed E-state index contributed by atoms with van der Waals surface area (Å²) in [5.74, 6) is 0.916. The molecule has 1 atom stereocenters. The molecular formula is C13H15BrIN3. The molecule has 18 heavy (non-hydrogen) atoms. The van der Waals surface area contributed by atoms with Crippen molar-refractivity contribution in [2.24, 2.45) is 5.73 Å². The minimum absolute atomic E-state index is 0.198. The molecule has 0 radical (unpaired) electrons. The maximum atomic E-state index is 6.34. The normalized spacial score (nSPS) is 12.7. The second-order valence-corrected chi connectivity index (χ2v) is 6.22. The van der Waals surface area contributed by atoms with Crippen molar-refractivity contribution in [2.75, 3.05) is 0 Å². The van der Waals surface area contributed by atoms with Gasteiger partial charge in [0.05, 0.1) is 6.04 Å². The van der Waals surface area contributed by atoms with Crippen LogP contribution in [0.3, 0.4) is 0 Å². The third-order valence-corrected chi connectivity index (χ3v) is 4.18. The molecule has 96 valence electrons. The molecule has 1 aromatic heterocycles. The number of benzene rings is 1. The van der Waals surface area contributed by atoms with Gasteiger partial charge in [0.15, 0.2) is 0 Å². The number of aromatic nitrogens is 2. The number of hydrogen-bond donors (Lipinski definition) is 1. The van der Waals surface area contributed by atoms with Gasteiger partial charge in [-0.05, 0) is 52.8 Å². The summed E-state index contributed by atoms with van der Waals surface area (Å²) in [5, 5.41) is 0. The number of rotatable bonds is 4. The largest absolute Gasteiger partial charge is 0.333 e. The van der Waals surface area contributed by atoms with Crippen LogP contribution in [0, 0.1) is 3.57 Å². The lowest BCUT2D eigenvalue weighted by Gasteiger charge is -2.16. The Kier molecular flexibility index (Phi) is 4.80. The first-order valence-electron chi connectivity index (χ1n) is 5.85. The van der Waals surface area contributed by atoms with Crippen molar-refractivity contribution in [2.45, 2.75) is 25.9 Å². The van der Waals surface area contributed by atoms with Crippen molar-refractivity contribution in [3.63, 3.8) is 0 Å². The van der Waals surface area contributed by atoms with Crippen LogP contribution >= 0.6 is 38.5 Å². The summed E-state index contributed by atoms with van der Waals surface area (Å²) >= 11 is 5.85. The number of imidazole rings is 1. The molecular weight excluding hydrogens is 405 g/mol. The Morgan fingerprint density at radius 1 is 1.50 bits per heavy atom. The van der Waals surface area contributed by atoms with E-state index in [0.717, 1.165) is 28.8 Å². The van der Waals surface area contributed by atoms with Gasteiger partial charge in [-0.2, -0.15) is 0 Å². The first-order valence-corrected chi connectivity index (χ1v) is 7.72. The van der Waals surface area contributed by atoms with Crippen LogP contribution in [-0.4, -0.2) is 9.55 Å². The van der Waals surface area contributed by atoms with Gasteiger partial charge in [0.2, 0.25) is 0 Å². The van der Waals surface area contributed by atoms with Crippen molar-refractivity contribution in [1.29, 1.82) is 0 Å². The predicted octanol–water partition coefficient (Wildman–Crippen LogP) is 3.71. The van der Waals surface area contributed by atoms with E-state index in [1.54, 1.807) is 0 Å². The fraction of sp³-hybridized carbons (Fsp3) is 0.308. The van der Waals surface area contributed by atoms with Gasteiger partial charge in [0.1, 0.15) is 5.82 Å². The Morgan fingerprint density at radius 3 is 3.00 bits per heavy atom. The lowest BCUT2D eigenvalue weighted by Crippen LogP contribution is -2.18. The maximum absolute atomic E-state index is 6.34. The summed E-state index contributed by atoms with van der Waals surface area (Å²) in [7, 11) is 0. The van der Waals surface area contributed by atoms with Crippen LogP contribution in [0.5, 0.6) is 0 Å². The zero-order chi connectivity index (χ0) is 13.1. The molecule has 1 aromatic carbocycles. The summed E-state index contributed by atoms with van der Waals surface area (Å²) in [6.07, 6.45) is 4.87. The summed E-state index contributed by atoms with van der Waals surface area (Å²) in [6.45, 7) is 3.10. The van der Waals surface area contributed by atoms with E-state index in [0.29, 0.717) is 0 Å². The highest BCUT2D eigenvalue weighted by molar-refractivity contribution is 14.1.